The van der Waals surface area contributed by atoms with Gasteiger partial charge in [-0.15, -0.1) is 0 Å². The molecule has 7 nitrogen and oxygen atoms in total. The number of carbonyl (C=O) groups excluding carboxylic acids is 1. The molecule has 0 saturated heterocycles. The van der Waals surface area contributed by atoms with Crippen LogP contribution in [-0.2, 0) is 6.54 Å². The summed E-state index contributed by atoms with van der Waals surface area (Å²) in [6, 6.07) is 5.22. The van der Waals surface area contributed by atoms with Gasteiger partial charge in [-0.25, -0.2) is 17.6 Å². The van der Waals surface area contributed by atoms with Crippen LogP contribution in [0.3, 0.4) is 0 Å². The van der Waals surface area contributed by atoms with Crippen LogP contribution in [0.1, 0.15) is 15.9 Å². The van der Waals surface area contributed by atoms with Gasteiger partial charge in [0.25, 0.3) is 11.6 Å². The number of hydrogen-bond acceptors (Lipinski definition) is 4. The molecule has 3 rings (SSSR count). The predicted octanol–water partition coefficient (Wildman–Crippen LogP) is 3.65. The van der Waals surface area contributed by atoms with E-state index in [2.05, 4.69) is 10.4 Å². The lowest BCUT2D eigenvalue weighted by Gasteiger charge is -2.07. The molecular weight excluding hydrogens is 384 g/mol. The second-order valence-corrected chi connectivity index (χ2v) is 5.63. The van der Waals surface area contributed by atoms with Gasteiger partial charge in [-0.05, 0) is 6.07 Å². The molecular formula is C17H10F4N4O3. The number of carbonyl (C=O) groups is 1. The second kappa shape index (κ2) is 7.47. The van der Waals surface area contributed by atoms with Crippen LogP contribution in [0.25, 0.3) is 0 Å². The lowest BCUT2D eigenvalue weighted by Crippen LogP contribution is -2.12. The van der Waals surface area contributed by atoms with Crippen molar-refractivity contribution in [3.05, 3.63) is 87.2 Å². The Labute approximate surface area is 154 Å². The minimum Gasteiger partial charge on any atom is -0.319 e. The van der Waals surface area contributed by atoms with Crippen molar-refractivity contribution >= 4 is 17.3 Å². The van der Waals surface area contributed by atoms with E-state index in [4.69, 9.17) is 0 Å². The Hall–Kier alpha value is -3.76. The monoisotopic (exact) mass is 394 g/mol. The number of non-ortho nitro benzene ring substituents is 1. The molecule has 0 aliphatic rings. The molecule has 0 fully saturated rings. The fraction of sp³-hybridized carbons (Fsp3) is 0.0588. The first-order valence-electron chi connectivity index (χ1n) is 7.66. The van der Waals surface area contributed by atoms with Gasteiger partial charge < -0.3 is 5.32 Å². The molecule has 3 aromatic rings. The van der Waals surface area contributed by atoms with Crippen LogP contribution in [-0.4, -0.2) is 20.6 Å². The molecule has 2 aromatic carbocycles. The third kappa shape index (κ3) is 3.82. The first-order valence-corrected chi connectivity index (χ1v) is 7.66. The molecule has 1 aromatic heterocycles. The van der Waals surface area contributed by atoms with E-state index in [9.17, 15) is 32.5 Å². The first-order chi connectivity index (χ1) is 13.3. The van der Waals surface area contributed by atoms with Gasteiger partial charge in [0.2, 0.25) is 0 Å². The molecule has 0 aliphatic heterocycles. The Kier molecular flexibility index (Phi) is 5.07. The molecule has 0 unspecified atom stereocenters. The number of aromatic nitrogens is 2. The zero-order valence-electron chi connectivity index (χ0n) is 13.8. The maximum absolute atomic E-state index is 13.7. The summed E-state index contributed by atoms with van der Waals surface area (Å²) in [6.07, 6.45) is 2.36. The molecule has 1 heterocycles. The van der Waals surface area contributed by atoms with Crippen molar-refractivity contribution in [3.63, 3.8) is 0 Å². The largest absolute Gasteiger partial charge is 0.319 e. The van der Waals surface area contributed by atoms with Gasteiger partial charge in [0.1, 0.15) is 5.82 Å². The Morgan fingerprint density at radius 3 is 2.61 bits per heavy atom. The predicted molar refractivity (Wildman–Crippen MR) is 88.7 cm³/mol. The number of nitro groups is 1. The van der Waals surface area contributed by atoms with E-state index in [0.717, 1.165) is 16.9 Å². The molecule has 0 aliphatic carbocycles. The fourth-order valence-corrected chi connectivity index (χ4v) is 2.39. The maximum atomic E-state index is 13.7. The maximum Gasteiger partial charge on any atom is 0.270 e. The molecule has 0 radical (unpaired) electrons. The molecule has 28 heavy (non-hydrogen) atoms. The molecule has 144 valence electrons. The van der Waals surface area contributed by atoms with E-state index < -0.39 is 46.2 Å². The van der Waals surface area contributed by atoms with Crippen molar-refractivity contribution in [2.75, 3.05) is 5.32 Å². The summed E-state index contributed by atoms with van der Waals surface area (Å²) in [5, 5.41) is 17.0. The minimum atomic E-state index is -1.80. The zero-order chi connectivity index (χ0) is 20.4. The van der Waals surface area contributed by atoms with Crippen LogP contribution in [0.15, 0.2) is 42.7 Å². The Balaban J connectivity index is 1.76. The third-order valence-corrected chi connectivity index (χ3v) is 3.74. The van der Waals surface area contributed by atoms with Gasteiger partial charge in [0.15, 0.2) is 17.5 Å². The smallest absolute Gasteiger partial charge is 0.270 e. The number of amides is 1. The number of nitrogens with one attached hydrogen (secondary N) is 1. The van der Waals surface area contributed by atoms with Crippen LogP contribution in [0.2, 0.25) is 0 Å². The van der Waals surface area contributed by atoms with Gasteiger partial charge in [-0.1, -0.05) is 6.07 Å². The molecule has 1 N–H and O–H groups in total. The third-order valence-electron chi connectivity index (χ3n) is 3.74. The van der Waals surface area contributed by atoms with Crippen molar-refractivity contribution in [1.82, 2.24) is 9.78 Å². The highest BCUT2D eigenvalue weighted by Crippen LogP contribution is 2.21. The van der Waals surface area contributed by atoms with E-state index in [1.54, 1.807) is 0 Å². The normalized spacial score (nSPS) is 10.7. The topological polar surface area (TPSA) is 90.1 Å². The van der Waals surface area contributed by atoms with Gasteiger partial charge >= 0.3 is 0 Å². The molecule has 0 atom stereocenters. The minimum absolute atomic E-state index is 0.0136. The molecule has 0 bridgehead atoms. The van der Waals surface area contributed by atoms with Crippen molar-refractivity contribution in [2.24, 2.45) is 0 Å². The number of hydrogen-bond donors (Lipinski definition) is 1. The van der Waals surface area contributed by atoms with Crippen LogP contribution in [0, 0.1) is 33.4 Å². The van der Waals surface area contributed by atoms with Crippen LogP contribution < -0.4 is 5.32 Å². The average Bonchev–Trinajstić information content (AvgIpc) is 3.10. The molecule has 1 amide bonds. The summed E-state index contributed by atoms with van der Waals surface area (Å²) in [5.74, 6) is -7.08. The van der Waals surface area contributed by atoms with Gasteiger partial charge in [-0.3, -0.25) is 19.6 Å². The van der Waals surface area contributed by atoms with Gasteiger partial charge in [-0.2, -0.15) is 5.10 Å². The Bertz CT molecular complexity index is 1080. The molecule has 0 spiro atoms. The van der Waals surface area contributed by atoms with Crippen LogP contribution >= 0.6 is 0 Å². The van der Waals surface area contributed by atoms with E-state index in [-0.39, 0.29) is 23.0 Å². The van der Waals surface area contributed by atoms with Crippen molar-refractivity contribution in [3.8, 4) is 0 Å². The highest BCUT2D eigenvalue weighted by atomic mass is 19.2. The zero-order valence-corrected chi connectivity index (χ0v) is 13.8. The number of nitro benzene ring substituents is 1. The summed E-state index contributed by atoms with van der Waals surface area (Å²) in [5.41, 5.74) is -0.870. The van der Waals surface area contributed by atoms with E-state index in [1.807, 2.05) is 0 Å². The van der Waals surface area contributed by atoms with Gasteiger partial charge in [0, 0.05) is 35.5 Å². The number of rotatable bonds is 5. The molecule has 11 heteroatoms. The fourth-order valence-electron chi connectivity index (χ4n) is 2.39. The van der Waals surface area contributed by atoms with E-state index in [1.165, 1.54) is 24.4 Å². The van der Waals surface area contributed by atoms with Crippen molar-refractivity contribution in [1.29, 1.82) is 0 Å². The number of nitrogens with zero attached hydrogens (tertiary/aromatic N) is 3. The standard InChI is InChI=1S/C17H10F4N4O3/c18-13-5-14(19)16(21)15(20)12(13)8-24-7-10(6-22-24)23-17(26)9-2-1-3-11(4-9)25(27)28/h1-7H,8H2,(H,23,26). The van der Waals surface area contributed by atoms with Crippen LogP contribution in [0.4, 0.5) is 28.9 Å². The average molecular weight is 394 g/mol. The van der Waals surface area contributed by atoms with Crippen LogP contribution in [0.5, 0.6) is 0 Å². The Morgan fingerprint density at radius 1 is 1.14 bits per heavy atom. The lowest BCUT2D eigenvalue weighted by atomic mass is 10.2. The SMILES string of the molecule is O=C(Nc1cnn(Cc2c(F)cc(F)c(F)c2F)c1)c1cccc([N+](=O)[O-])c1. The lowest BCUT2D eigenvalue weighted by molar-refractivity contribution is -0.384. The second-order valence-electron chi connectivity index (χ2n) is 5.63. The summed E-state index contributed by atoms with van der Waals surface area (Å²) < 4.78 is 54.7. The van der Waals surface area contributed by atoms with Gasteiger partial charge in [0.05, 0.1) is 23.4 Å². The van der Waals surface area contributed by atoms with E-state index in [0.29, 0.717) is 0 Å². The van der Waals surface area contributed by atoms with Crippen molar-refractivity contribution in [2.45, 2.75) is 6.54 Å². The highest BCUT2D eigenvalue weighted by molar-refractivity contribution is 6.04. The summed E-state index contributed by atoms with van der Waals surface area (Å²) in [6.45, 7) is -0.554. The molecule has 0 saturated carbocycles. The van der Waals surface area contributed by atoms with Crippen molar-refractivity contribution < 1.29 is 27.3 Å². The summed E-state index contributed by atoms with van der Waals surface area (Å²) in [4.78, 5) is 22.3. The quantitative estimate of drug-likeness (QED) is 0.235. The number of anilines is 1. The van der Waals surface area contributed by atoms with E-state index >= 15 is 0 Å². The first kappa shape index (κ1) is 19.0. The number of halogens is 4. The summed E-state index contributed by atoms with van der Waals surface area (Å²) in [7, 11) is 0. The highest BCUT2D eigenvalue weighted by Gasteiger charge is 2.20. The Morgan fingerprint density at radius 2 is 1.89 bits per heavy atom. The summed E-state index contributed by atoms with van der Waals surface area (Å²) >= 11 is 0. The number of benzene rings is 2.